The summed E-state index contributed by atoms with van der Waals surface area (Å²) in [6.45, 7) is 0. The van der Waals surface area contributed by atoms with Gasteiger partial charge in [0.05, 0.1) is 4.92 Å². The van der Waals surface area contributed by atoms with Crippen LogP contribution >= 0.6 is 11.6 Å². The van der Waals surface area contributed by atoms with Crippen LogP contribution in [0.25, 0.3) is 15.7 Å². The number of ketones is 1. The second kappa shape index (κ2) is 13.5. The smallest absolute Gasteiger partial charge is 0.505 e. The quantitative estimate of drug-likeness (QED) is 0.0457. The first-order valence-corrected chi connectivity index (χ1v) is 14.9. The number of hydrazone groups is 1. The number of aromatic hydroxyl groups is 1. The number of aromatic nitrogens is 3. The Labute approximate surface area is 295 Å². The van der Waals surface area contributed by atoms with Gasteiger partial charge in [0.15, 0.2) is 0 Å². The van der Waals surface area contributed by atoms with Crippen LogP contribution in [0.3, 0.4) is 0 Å². The average Bonchev–Trinajstić information content (AvgIpc) is 2.91. The number of hydrogen-bond acceptors (Lipinski definition) is 15. The van der Waals surface area contributed by atoms with Gasteiger partial charge in [-0.1, -0.05) is 0 Å². The Morgan fingerprint density at radius 3 is 2.28 bits per heavy atom. The molecule has 0 aliphatic heterocycles. The van der Waals surface area contributed by atoms with Crippen molar-refractivity contribution in [3.05, 3.63) is 75.1 Å². The molecule has 1 aromatic heterocycles. The number of hydrogen-bond donors (Lipinski definition) is 6. The maximum Gasteiger partial charge on any atom is 1.00 e. The van der Waals surface area contributed by atoms with Crippen LogP contribution in [0.5, 0.6) is 5.75 Å². The number of halogens is 1. The zero-order chi connectivity index (χ0) is 32.1. The summed E-state index contributed by atoms with van der Waals surface area (Å²) in [4.78, 5) is 32.8. The zero-order valence-electron chi connectivity index (χ0n) is 22.7. The Morgan fingerprint density at radius 1 is 0.978 bits per heavy atom. The maximum absolute atomic E-state index is 12.8. The second-order valence-corrected chi connectivity index (χ2v) is 11.9. The molecule has 0 fully saturated rings. The number of fused-ring (bicyclic) bond motifs is 2. The van der Waals surface area contributed by atoms with Crippen LogP contribution in [0.15, 0.2) is 58.5 Å². The molecule has 4 aromatic rings. The number of non-ortho nitro benzene ring substituents is 1. The van der Waals surface area contributed by atoms with Crippen LogP contribution in [-0.4, -0.2) is 62.4 Å². The molecule has 46 heavy (non-hydrogen) atoms. The summed E-state index contributed by atoms with van der Waals surface area (Å²) < 4.78 is 68.0. The number of phenols is 1. The molecule has 235 valence electrons. The van der Waals surface area contributed by atoms with E-state index in [0.717, 1.165) is 24.3 Å². The van der Waals surface area contributed by atoms with Gasteiger partial charge in [-0.25, -0.2) is 0 Å². The van der Waals surface area contributed by atoms with Gasteiger partial charge in [0.1, 0.15) is 26.9 Å². The first kappa shape index (κ1) is 36.7. The number of phenolic OH excluding ortho intramolecular Hbond substituents is 1. The number of allylic oxidation sites excluding steroid dienone is 1. The van der Waals surface area contributed by atoms with E-state index in [9.17, 15) is 46.0 Å². The van der Waals surface area contributed by atoms with Gasteiger partial charge in [-0.15, -0.1) is 0 Å². The van der Waals surface area contributed by atoms with Gasteiger partial charge < -0.3 is 16.2 Å². The molecule has 0 spiro atoms. The van der Waals surface area contributed by atoms with E-state index in [1.807, 2.05) is 0 Å². The molecule has 1 aliphatic rings. The molecular weight excluding hydrogens is 730 g/mol. The van der Waals surface area contributed by atoms with E-state index in [-0.39, 0.29) is 85.5 Å². The van der Waals surface area contributed by atoms with E-state index in [0.29, 0.717) is 6.08 Å². The topological polar surface area (TPSA) is 290 Å². The number of nitrogens with zero attached hydrogens (tertiary/aromatic N) is 5. The van der Waals surface area contributed by atoms with Crippen LogP contribution in [0.2, 0.25) is 5.28 Å². The molecule has 0 saturated heterocycles. The third-order valence-electron chi connectivity index (χ3n) is 6.02. The van der Waals surface area contributed by atoms with E-state index < -0.39 is 69.1 Å². The SMILES string of the molecule is Nc1nc(Cl)nc(Nc2ccc3c(O)c(N/N=C4\C(=O)C=C(S(=O)(=O)O)c5cc([N+](=O)[O-])ccc54)c(S(=O)(=O)O)cc3c2)n1.[Co].[Na+]. The molecule has 1 radical (unpaired) electrons. The predicted octanol–water partition coefficient (Wildman–Crippen LogP) is -0.506. The Hall–Kier alpha value is -3.77. The largest absolute Gasteiger partial charge is 1.00 e. The molecule has 3 aromatic carbocycles. The minimum atomic E-state index is -5.06. The number of nitrogen functional groups attached to an aromatic ring is 1. The monoisotopic (exact) mass is 744 g/mol. The number of carbonyl (C=O) groups is 1. The molecule has 0 atom stereocenters. The average molecular weight is 745 g/mol. The molecular formula is C23H15ClCoN8NaO10S2+. The van der Waals surface area contributed by atoms with Crippen molar-refractivity contribution >= 4 is 88.0 Å². The summed E-state index contributed by atoms with van der Waals surface area (Å²) in [6.07, 6.45) is 0.466. The standard InChI is InChI=1S/C23H15ClN8O10S2.Co.Na/c24-21-27-22(25)29-23(28-21)26-10-1-3-12-9(5-10)6-17(44(40,41)42)19(20(12)34)31-30-18-13-4-2-11(32(35)36)7-14(13)16(8-15(18)33)43(37,38)39;;/h1-8,31,34H,(H,37,38,39)(H,40,41,42)(H3,25,26,27,28,29);;/q;;+1/b30-18-;;. The third-order valence-corrected chi connectivity index (χ3v) is 7.96. The van der Waals surface area contributed by atoms with Gasteiger partial charge in [0, 0.05) is 57.2 Å². The Kier molecular flexibility index (Phi) is 10.8. The van der Waals surface area contributed by atoms with Gasteiger partial charge >= 0.3 is 29.6 Å². The summed E-state index contributed by atoms with van der Waals surface area (Å²) in [5, 5.41) is 28.8. The number of nitrogens with one attached hydrogen (secondary N) is 2. The summed E-state index contributed by atoms with van der Waals surface area (Å²) in [6, 6.07) is 7.86. The van der Waals surface area contributed by atoms with Gasteiger partial charge in [0.2, 0.25) is 23.0 Å². The number of carbonyl (C=O) groups excluding carboxylic acids is 1. The third kappa shape index (κ3) is 7.44. The van der Waals surface area contributed by atoms with Crippen LogP contribution in [0.1, 0.15) is 11.1 Å². The van der Waals surface area contributed by atoms with Crippen molar-refractivity contribution < 1.29 is 87.1 Å². The van der Waals surface area contributed by atoms with E-state index in [1.54, 1.807) is 0 Å². The van der Waals surface area contributed by atoms with Crippen LogP contribution in [0.4, 0.5) is 29.0 Å². The molecule has 0 bridgehead atoms. The maximum atomic E-state index is 12.8. The van der Waals surface area contributed by atoms with E-state index in [1.165, 1.54) is 18.2 Å². The van der Waals surface area contributed by atoms with Crippen molar-refractivity contribution in [2.24, 2.45) is 5.10 Å². The Bertz CT molecular complexity index is 2220. The van der Waals surface area contributed by atoms with Crippen molar-refractivity contribution in [3.63, 3.8) is 0 Å². The Balaban J connectivity index is 0.00000288. The summed E-state index contributed by atoms with van der Waals surface area (Å²) in [5.74, 6) is -2.07. The van der Waals surface area contributed by atoms with E-state index >= 15 is 0 Å². The first-order valence-electron chi connectivity index (χ1n) is 11.6. The summed E-state index contributed by atoms with van der Waals surface area (Å²) >= 11 is 5.77. The molecule has 1 aliphatic carbocycles. The van der Waals surface area contributed by atoms with Crippen molar-refractivity contribution in [1.29, 1.82) is 0 Å². The number of nitro benzene ring substituents is 1. The van der Waals surface area contributed by atoms with Crippen LogP contribution in [0, 0.1) is 10.1 Å². The molecule has 5 rings (SSSR count). The Morgan fingerprint density at radius 2 is 1.67 bits per heavy atom. The minimum Gasteiger partial charge on any atom is -0.505 e. The molecule has 0 unspecified atom stereocenters. The number of nitrogens with two attached hydrogens (primary N) is 1. The fourth-order valence-electron chi connectivity index (χ4n) is 4.20. The van der Waals surface area contributed by atoms with E-state index in [4.69, 9.17) is 17.3 Å². The normalized spacial score (nSPS) is 13.7. The molecule has 23 heteroatoms. The zero-order valence-corrected chi connectivity index (χ0v) is 28.1. The fourth-order valence-corrected chi connectivity index (χ4v) is 5.74. The van der Waals surface area contributed by atoms with Crippen molar-refractivity contribution in [2.75, 3.05) is 16.5 Å². The fraction of sp³-hybridized carbons (Fsp3) is 0. The summed E-state index contributed by atoms with van der Waals surface area (Å²) in [5.41, 5.74) is 5.49. The number of rotatable bonds is 7. The number of nitro groups is 1. The van der Waals surface area contributed by atoms with E-state index in [2.05, 4.69) is 30.8 Å². The van der Waals surface area contributed by atoms with Crippen molar-refractivity contribution in [1.82, 2.24) is 15.0 Å². The summed E-state index contributed by atoms with van der Waals surface area (Å²) in [7, 11) is -10.1. The minimum absolute atomic E-state index is 0. The van der Waals surface area contributed by atoms with Crippen molar-refractivity contribution in [3.8, 4) is 5.75 Å². The van der Waals surface area contributed by atoms with Gasteiger partial charge in [-0.3, -0.25) is 29.4 Å². The number of benzene rings is 3. The van der Waals surface area contributed by atoms with Gasteiger partial charge in [0.25, 0.3) is 25.9 Å². The molecule has 1 heterocycles. The number of anilines is 4. The van der Waals surface area contributed by atoms with Gasteiger partial charge in [-0.2, -0.15) is 36.9 Å². The van der Waals surface area contributed by atoms with Gasteiger partial charge in [-0.05, 0) is 47.3 Å². The first-order chi connectivity index (χ1) is 20.5. The van der Waals surface area contributed by atoms with Crippen LogP contribution in [-0.2, 0) is 41.8 Å². The van der Waals surface area contributed by atoms with Crippen LogP contribution < -0.4 is 46.0 Å². The molecule has 7 N–H and O–H groups in total. The van der Waals surface area contributed by atoms with Crippen molar-refractivity contribution in [2.45, 2.75) is 4.90 Å². The molecule has 18 nitrogen and oxygen atoms in total. The predicted molar refractivity (Wildman–Crippen MR) is 156 cm³/mol. The second-order valence-electron chi connectivity index (χ2n) is 8.83. The molecule has 0 saturated carbocycles. The molecule has 0 amide bonds.